The number of benzene rings is 2. The smallest absolute Gasteiger partial charge is 0.416 e. The van der Waals surface area contributed by atoms with Gasteiger partial charge in [-0.3, -0.25) is 0 Å². The Balaban J connectivity index is 2.40. The molecule has 0 fully saturated rings. The highest BCUT2D eigenvalue weighted by molar-refractivity contribution is 5.55. The third-order valence-corrected chi connectivity index (χ3v) is 3.71. The lowest BCUT2D eigenvalue weighted by molar-refractivity contribution is -0.137. The van der Waals surface area contributed by atoms with Crippen LogP contribution in [0.1, 0.15) is 17.4 Å². The SMILES string of the molecule is COC(OC)c1cc(NC=C(C#N)C#N)ccc1Oc1cccc(C(F)(F)F)c1. The van der Waals surface area contributed by atoms with E-state index in [4.69, 9.17) is 24.7 Å². The standard InChI is InChI=1S/C20H16F3N3O3/c1-27-19(28-2)17-9-15(26-12-13(10-24)11-25)6-7-18(17)29-16-5-3-4-14(8-16)20(21,22)23/h3-9,12,19,26H,1-2H3. The molecule has 0 saturated carbocycles. The van der Waals surface area contributed by atoms with Gasteiger partial charge in [-0.25, -0.2) is 0 Å². The van der Waals surface area contributed by atoms with Crippen molar-refractivity contribution in [3.05, 3.63) is 65.4 Å². The van der Waals surface area contributed by atoms with Crippen LogP contribution >= 0.6 is 0 Å². The van der Waals surface area contributed by atoms with Crippen molar-refractivity contribution in [3.8, 4) is 23.6 Å². The Morgan fingerprint density at radius 1 is 1.07 bits per heavy atom. The molecule has 29 heavy (non-hydrogen) atoms. The van der Waals surface area contributed by atoms with Crippen LogP contribution in [-0.2, 0) is 15.7 Å². The number of nitrogens with zero attached hydrogens (tertiary/aromatic N) is 2. The highest BCUT2D eigenvalue weighted by atomic mass is 19.4. The first-order chi connectivity index (χ1) is 13.8. The summed E-state index contributed by atoms with van der Waals surface area (Å²) < 4.78 is 54.9. The van der Waals surface area contributed by atoms with Crippen molar-refractivity contribution < 1.29 is 27.4 Å². The number of hydrogen-bond acceptors (Lipinski definition) is 6. The van der Waals surface area contributed by atoms with Crippen molar-refractivity contribution in [1.82, 2.24) is 0 Å². The highest BCUT2D eigenvalue weighted by Crippen LogP contribution is 2.36. The van der Waals surface area contributed by atoms with E-state index in [-0.39, 0.29) is 17.1 Å². The zero-order valence-electron chi connectivity index (χ0n) is 15.4. The van der Waals surface area contributed by atoms with Crippen LogP contribution in [0.15, 0.2) is 54.2 Å². The molecule has 0 aromatic heterocycles. The molecule has 2 aromatic rings. The van der Waals surface area contributed by atoms with Crippen LogP contribution in [0, 0.1) is 22.7 Å². The number of rotatable bonds is 7. The van der Waals surface area contributed by atoms with Crippen LogP contribution in [0.2, 0.25) is 0 Å². The van der Waals surface area contributed by atoms with E-state index in [1.165, 1.54) is 38.6 Å². The lowest BCUT2D eigenvalue weighted by Crippen LogP contribution is -2.07. The molecule has 1 N–H and O–H groups in total. The predicted octanol–water partition coefficient (Wildman–Crippen LogP) is 5.13. The van der Waals surface area contributed by atoms with E-state index in [0.29, 0.717) is 11.3 Å². The number of nitriles is 2. The fourth-order valence-corrected chi connectivity index (χ4v) is 2.37. The Bertz CT molecular complexity index is 955. The average molecular weight is 403 g/mol. The molecular formula is C20H16F3N3O3. The number of allylic oxidation sites excluding steroid dienone is 1. The van der Waals surface area contributed by atoms with E-state index in [1.807, 2.05) is 0 Å². The maximum absolute atomic E-state index is 12.9. The summed E-state index contributed by atoms with van der Waals surface area (Å²) in [5.41, 5.74) is -0.0961. The molecular weight excluding hydrogens is 387 g/mol. The number of nitrogens with one attached hydrogen (secondary N) is 1. The van der Waals surface area contributed by atoms with Crippen LogP contribution in [-0.4, -0.2) is 14.2 Å². The summed E-state index contributed by atoms with van der Waals surface area (Å²) in [7, 11) is 2.79. The van der Waals surface area contributed by atoms with Gasteiger partial charge in [0.05, 0.1) is 11.1 Å². The molecule has 0 heterocycles. The summed E-state index contributed by atoms with van der Waals surface area (Å²) in [6.45, 7) is 0. The monoisotopic (exact) mass is 403 g/mol. The number of anilines is 1. The van der Waals surface area contributed by atoms with Gasteiger partial charge in [0.15, 0.2) is 6.29 Å². The summed E-state index contributed by atoms with van der Waals surface area (Å²) in [5.74, 6) is 0.206. The lowest BCUT2D eigenvalue weighted by Gasteiger charge is -2.19. The van der Waals surface area contributed by atoms with Gasteiger partial charge in [-0.05, 0) is 36.4 Å². The third kappa shape index (κ3) is 5.72. The zero-order valence-corrected chi connectivity index (χ0v) is 15.4. The van der Waals surface area contributed by atoms with E-state index in [0.717, 1.165) is 12.1 Å². The van der Waals surface area contributed by atoms with Crippen molar-refractivity contribution in [1.29, 1.82) is 10.5 Å². The number of hydrogen-bond donors (Lipinski definition) is 1. The maximum Gasteiger partial charge on any atom is 0.416 e. The molecule has 0 radical (unpaired) electrons. The first-order valence-electron chi connectivity index (χ1n) is 8.14. The van der Waals surface area contributed by atoms with Crippen molar-refractivity contribution >= 4 is 5.69 Å². The minimum absolute atomic E-state index is 0.0103. The minimum Gasteiger partial charge on any atom is -0.457 e. The highest BCUT2D eigenvalue weighted by Gasteiger charge is 2.30. The van der Waals surface area contributed by atoms with E-state index >= 15 is 0 Å². The molecule has 0 bridgehead atoms. The molecule has 0 aliphatic rings. The van der Waals surface area contributed by atoms with Gasteiger partial charge in [0.1, 0.15) is 29.2 Å². The Morgan fingerprint density at radius 3 is 2.34 bits per heavy atom. The Kier molecular flexibility index (Phi) is 7.21. The van der Waals surface area contributed by atoms with Gasteiger partial charge in [-0.15, -0.1) is 0 Å². The summed E-state index contributed by atoms with van der Waals surface area (Å²) in [6.07, 6.45) is -4.14. The van der Waals surface area contributed by atoms with Gasteiger partial charge >= 0.3 is 6.18 Å². The van der Waals surface area contributed by atoms with Gasteiger partial charge in [0.2, 0.25) is 0 Å². The first-order valence-corrected chi connectivity index (χ1v) is 8.14. The molecule has 9 heteroatoms. The molecule has 150 valence electrons. The van der Waals surface area contributed by atoms with E-state index < -0.39 is 18.0 Å². The van der Waals surface area contributed by atoms with Crippen molar-refractivity contribution in [2.75, 3.05) is 19.5 Å². The molecule has 2 rings (SSSR count). The molecule has 0 unspecified atom stereocenters. The Morgan fingerprint density at radius 2 is 1.76 bits per heavy atom. The molecule has 6 nitrogen and oxygen atoms in total. The van der Waals surface area contributed by atoms with Gasteiger partial charge in [-0.2, -0.15) is 23.7 Å². The molecule has 0 aliphatic carbocycles. The fourth-order valence-electron chi connectivity index (χ4n) is 2.37. The Hall–Kier alpha value is -3.53. The van der Waals surface area contributed by atoms with Gasteiger partial charge in [-0.1, -0.05) is 6.07 Å². The first kappa shape index (κ1) is 21.8. The molecule has 0 spiro atoms. The number of ether oxygens (including phenoxy) is 3. The van der Waals surface area contributed by atoms with Gasteiger partial charge in [0.25, 0.3) is 0 Å². The summed E-state index contributed by atoms with van der Waals surface area (Å²) in [4.78, 5) is 0. The number of alkyl halides is 3. The van der Waals surface area contributed by atoms with E-state index in [2.05, 4.69) is 5.32 Å². The second-order valence-electron chi connectivity index (χ2n) is 5.61. The molecule has 2 aromatic carbocycles. The molecule has 0 amide bonds. The largest absolute Gasteiger partial charge is 0.457 e. The van der Waals surface area contributed by atoms with E-state index in [9.17, 15) is 13.2 Å². The fraction of sp³-hybridized carbons (Fsp3) is 0.200. The van der Waals surface area contributed by atoms with Crippen molar-refractivity contribution in [2.45, 2.75) is 12.5 Å². The number of halogens is 3. The molecule has 0 aliphatic heterocycles. The van der Waals surface area contributed by atoms with Crippen LogP contribution in [0.25, 0.3) is 0 Å². The van der Waals surface area contributed by atoms with Gasteiger partial charge < -0.3 is 19.5 Å². The quantitative estimate of drug-likeness (QED) is 0.509. The summed E-state index contributed by atoms with van der Waals surface area (Å²) in [5, 5.41) is 20.4. The summed E-state index contributed by atoms with van der Waals surface area (Å²) >= 11 is 0. The van der Waals surface area contributed by atoms with E-state index in [1.54, 1.807) is 24.3 Å². The molecule has 0 saturated heterocycles. The second-order valence-corrected chi connectivity index (χ2v) is 5.61. The minimum atomic E-state index is -4.50. The van der Waals surface area contributed by atoms with Gasteiger partial charge in [0, 0.05) is 26.1 Å². The average Bonchev–Trinajstić information content (AvgIpc) is 2.71. The van der Waals surface area contributed by atoms with Crippen LogP contribution in [0.5, 0.6) is 11.5 Å². The maximum atomic E-state index is 12.9. The summed E-state index contributed by atoms with van der Waals surface area (Å²) in [6, 6.07) is 12.6. The van der Waals surface area contributed by atoms with Crippen molar-refractivity contribution in [2.24, 2.45) is 0 Å². The van der Waals surface area contributed by atoms with Crippen molar-refractivity contribution in [3.63, 3.8) is 0 Å². The topological polar surface area (TPSA) is 87.3 Å². The molecule has 0 atom stereocenters. The Labute approximate surface area is 165 Å². The normalized spacial score (nSPS) is 10.8. The van der Waals surface area contributed by atoms with Crippen LogP contribution in [0.3, 0.4) is 0 Å². The predicted molar refractivity (Wildman–Crippen MR) is 97.7 cm³/mol. The third-order valence-electron chi connectivity index (χ3n) is 3.71. The number of methoxy groups -OCH3 is 2. The zero-order chi connectivity index (χ0) is 21.4. The van der Waals surface area contributed by atoms with Crippen LogP contribution < -0.4 is 10.1 Å². The lowest BCUT2D eigenvalue weighted by atomic mass is 10.1. The second kappa shape index (κ2) is 9.60. The van der Waals surface area contributed by atoms with Crippen LogP contribution in [0.4, 0.5) is 18.9 Å².